The minimum atomic E-state index is 0.0584. The number of nitrogens with zero attached hydrogens (tertiary/aromatic N) is 3. The molecule has 30 heavy (non-hydrogen) atoms. The summed E-state index contributed by atoms with van der Waals surface area (Å²) in [6, 6.07) is 17.7. The summed E-state index contributed by atoms with van der Waals surface area (Å²) in [7, 11) is 0. The molecule has 0 unspecified atom stereocenters. The standard InChI is InChI=1S/C24H25N5O/c30-24(22-20-15-25-10-9-21(20)26-27-22)29-13-11-28(12-14-29)23-18-7-3-1-5-16(18)17-6-2-4-8-19(17)23/h1-8,23,25H,9-15H2,(H,26,27). The van der Waals surface area contributed by atoms with Crippen LogP contribution < -0.4 is 5.32 Å². The predicted molar refractivity (Wildman–Crippen MR) is 115 cm³/mol. The van der Waals surface area contributed by atoms with Gasteiger partial charge in [0.1, 0.15) is 0 Å². The number of carbonyl (C=O) groups excluding carboxylic acids is 1. The van der Waals surface area contributed by atoms with E-state index in [1.807, 2.05) is 4.90 Å². The van der Waals surface area contributed by atoms with Crippen LogP contribution in [0.15, 0.2) is 48.5 Å². The minimum absolute atomic E-state index is 0.0584. The molecule has 2 aromatic carbocycles. The molecule has 6 heteroatoms. The number of aromatic nitrogens is 2. The van der Waals surface area contributed by atoms with Crippen LogP contribution >= 0.6 is 0 Å². The topological polar surface area (TPSA) is 64.3 Å². The van der Waals surface area contributed by atoms with Crippen LogP contribution in [0, 0.1) is 0 Å². The Labute approximate surface area is 175 Å². The monoisotopic (exact) mass is 399 g/mol. The van der Waals surface area contributed by atoms with Crippen LogP contribution in [0.3, 0.4) is 0 Å². The lowest BCUT2D eigenvalue weighted by Gasteiger charge is -2.38. The molecule has 3 aromatic rings. The molecule has 0 atom stereocenters. The molecule has 152 valence electrons. The summed E-state index contributed by atoms with van der Waals surface area (Å²) < 4.78 is 0. The first kappa shape index (κ1) is 17.9. The van der Waals surface area contributed by atoms with Crippen molar-refractivity contribution < 1.29 is 4.79 Å². The summed E-state index contributed by atoms with van der Waals surface area (Å²) in [4.78, 5) is 17.6. The zero-order valence-electron chi connectivity index (χ0n) is 16.9. The third kappa shape index (κ3) is 2.71. The third-order valence-corrected chi connectivity index (χ3v) is 6.78. The van der Waals surface area contributed by atoms with Gasteiger partial charge in [-0.3, -0.25) is 14.8 Å². The molecule has 1 fully saturated rings. The maximum Gasteiger partial charge on any atom is 0.274 e. The number of nitrogens with one attached hydrogen (secondary N) is 2. The Bertz CT molecular complexity index is 1070. The fraction of sp³-hybridized carbons (Fsp3) is 0.333. The fourth-order valence-corrected chi connectivity index (χ4v) is 5.26. The third-order valence-electron chi connectivity index (χ3n) is 6.78. The van der Waals surface area contributed by atoms with E-state index in [0.29, 0.717) is 5.69 Å². The number of amides is 1. The zero-order chi connectivity index (χ0) is 20.1. The lowest BCUT2D eigenvalue weighted by atomic mass is 10.0. The number of hydrogen-bond donors (Lipinski definition) is 2. The highest BCUT2D eigenvalue weighted by atomic mass is 16.2. The van der Waals surface area contributed by atoms with Crippen LogP contribution in [0.2, 0.25) is 0 Å². The van der Waals surface area contributed by atoms with Crippen molar-refractivity contribution in [2.75, 3.05) is 32.7 Å². The van der Waals surface area contributed by atoms with Gasteiger partial charge in [-0.25, -0.2) is 0 Å². The van der Waals surface area contributed by atoms with E-state index in [4.69, 9.17) is 0 Å². The number of rotatable bonds is 2. The Morgan fingerprint density at radius 3 is 2.30 bits per heavy atom. The van der Waals surface area contributed by atoms with E-state index in [1.54, 1.807) is 0 Å². The van der Waals surface area contributed by atoms with E-state index in [-0.39, 0.29) is 11.9 Å². The average molecular weight is 399 g/mol. The number of H-pyrrole nitrogens is 1. The molecule has 6 rings (SSSR count). The Morgan fingerprint density at radius 2 is 1.60 bits per heavy atom. The van der Waals surface area contributed by atoms with Gasteiger partial charge in [-0.05, 0) is 22.3 Å². The van der Waals surface area contributed by atoms with Crippen molar-refractivity contribution in [1.29, 1.82) is 0 Å². The van der Waals surface area contributed by atoms with E-state index in [9.17, 15) is 4.79 Å². The molecule has 3 heterocycles. The minimum Gasteiger partial charge on any atom is -0.335 e. The first-order valence-corrected chi connectivity index (χ1v) is 10.8. The summed E-state index contributed by atoms with van der Waals surface area (Å²) in [5, 5.41) is 10.8. The number of benzene rings is 2. The largest absolute Gasteiger partial charge is 0.335 e. The van der Waals surface area contributed by atoms with Gasteiger partial charge in [-0.2, -0.15) is 5.10 Å². The molecule has 3 aliphatic rings. The second-order valence-electron chi connectivity index (χ2n) is 8.36. The van der Waals surface area contributed by atoms with Gasteiger partial charge >= 0.3 is 0 Å². The van der Waals surface area contributed by atoms with E-state index in [1.165, 1.54) is 22.3 Å². The van der Waals surface area contributed by atoms with Gasteiger partial charge < -0.3 is 10.2 Å². The second-order valence-corrected chi connectivity index (χ2v) is 8.36. The Morgan fingerprint density at radius 1 is 0.933 bits per heavy atom. The molecule has 0 spiro atoms. The molecular formula is C24H25N5O. The van der Waals surface area contributed by atoms with Gasteiger partial charge in [0.25, 0.3) is 5.91 Å². The lowest BCUT2D eigenvalue weighted by molar-refractivity contribution is 0.0593. The van der Waals surface area contributed by atoms with Crippen molar-refractivity contribution >= 4 is 5.91 Å². The van der Waals surface area contributed by atoms with Gasteiger partial charge in [0.2, 0.25) is 0 Å². The molecule has 0 radical (unpaired) electrons. The van der Waals surface area contributed by atoms with Crippen molar-refractivity contribution in [1.82, 2.24) is 25.3 Å². The zero-order valence-corrected chi connectivity index (χ0v) is 16.9. The quantitative estimate of drug-likeness (QED) is 0.695. The molecule has 2 N–H and O–H groups in total. The molecule has 1 saturated heterocycles. The summed E-state index contributed by atoms with van der Waals surface area (Å²) in [6.45, 7) is 4.85. The van der Waals surface area contributed by atoms with Gasteiger partial charge in [-0.15, -0.1) is 0 Å². The smallest absolute Gasteiger partial charge is 0.274 e. The highest BCUT2D eigenvalue weighted by molar-refractivity contribution is 5.94. The summed E-state index contributed by atoms with van der Waals surface area (Å²) >= 11 is 0. The molecule has 1 aliphatic carbocycles. The number of aromatic amines is 1. The number of hydrogen-bond acceptors (Lipinski definition) is 4. The molecule has 0 bridgehead atoms. The van der Waals surface area contributed by atoms with Gasteiger partial charge in [0.15, 0.2) is 5.69 Å². The molecule has 2 aliphatic heterocycles. The van der Waals surface area contributed by atoms with Crippen LogP contribution in [0.5, 0.6) is 0 Å². The maximum absolute atomic E-state index is 13.2. The molecule has 1 amide bonds. The van der Waals surface area contributed by atoms with Crippen molar-refractivity contribution in [3.05, 3.63) is 76.6 Å². The Hall–Kier alpha value is -2.96. The van der Waals surface area contributed by atoms with E-state index in [0.717, 1.165) is 56.9 Å². The predicted octanol–water partition coefficient (Wildman–Crippen LogP) is 2.58. The fourth-order valence-electron chi connectivity index (χ4n) is 5.26. The molecular weight excluding hydrogens is 374 g/mol. The Kier molecular flexibility index (Phi) is 4.21. The molecule has 0 saturated carbocycles. The first-order chi connectivity index (χ1) is 14.8. The lowest BCUT2D eigenvalue weighted by Crippen LogP contribution is -2.50. The van der Waals surface area contributed by atoms with Crippen molar-refractivity contribution in [2.45, 2.75) is 19.0 Å². The number of piperazine rings is 1. The van der Waals surface area contributed by atoms with Crippen molar-refractivity contribution in [2.24, 2.45) is 0 Å². The normalized spacial score (nSPS) is 18.7. The summed E-state index contributed by atoms with van der Waals surface area (Å²) in [5.74, 6) is 0.0584. The number of carbonyl (C=O) groups is 1. The van der Waals surface area contributed by atoms with Crippen molar-refractivity contribution in [3.63, 3.8) is 0 Å². The maximum atomic E-state index is 13.2. The SMILES string of the molecule is O=C(c1n[nH]c2c1CNCC2)N1CCN(C2c3ccccc3-c3ccccc32)CC1. The highest BCUT2D eigenvalue weighted by Gasteiger charge is 2.35. The van der Waals surface area contributed by atoms with Gasteiger partial charge in [0, 0.05) is 56.9 Å². The van der Waals surface area contributed by atoms with E-state index >= 15 is 0 Å². The highest BCUT2D eigenvalue weighted by Crippen LogP contribution is 2.46. The summed E-state index contributed by atoms with van der Waals surface area (Å²) in [6.07, 6.45) is 0.907. The first-order valence-electron chi connectivity index (χ1n) is 10.8. The van der Waals surface area contributed by atoms with Gasteiger partial charge in [0.05, 0.1) is 6.04 Å². The van der Waals surface area contributed by atoms with E-state index in [2.05, 4.69) is 68.9 Å². The van der Waals surface area contributed by atoms with Crippen LogP contribution in [-0.4, -0.2) is 58.6 Å². The molecule has 1 aromatic heterocycles. The average Bonchev–Trinajstić information content (AvgIpc) is 3.38. The summed E-state index contributed by atoms with van der Waals surface area (Å²) in [5.41, 5.74) is 8.20. The Balaban J connectivity index is 1.22. The second kappa shape index (κ2) is 7.07. The van der Waals surface area contributed by atoms with E-state index < -0.39 is 0 Å². The number of fused-ring (bicyclic) bond motifs is 4. The molecule has 6 nitrogen and oxygen atoms in total. The van der Waals surface area contributed by atoms with Crippen LogP contribution in [0.4, 0.5) is 0 Å². The van der Waals surface area contributed by atoms with Crippen LogP contribution in [0.1, 0.15) is 38.9 Å². The van der Waals surface area contributed by atoms with Crippen LogP contribution in [-0.2, 0) is 13.0 Å². The van der Waals surface area contributed by atoms with Crippen molar-refractivity contribution in [3.8, 4) is 11.1 Å². The van der Waals surface area contributed by atoms with Crippen LogP contribution in [0.25, 0.3) is 11.1 Å². The van der Waals surface area contributed by atoms with Gasteiger partial charge in [-0.1, -0.05) is 48.5 Å².